The van der Waals surface area contributed by atoms with Crippen molar-refractivity contribution < 1.29 is 18.0 Å². The molecule has 2 aromatic carbocycles. The smallest absolute Gasteiger partial charge is 0.323 e. The molecule has 2 heterocycles. The molecule has 0 aliphatic carbocycles. The summed E-state index contributed by atoms with van der Waals surface area (Å²) in [6, 6.07) is 11.4. The van der Waals surface area contributed by atoms with Crippen LogP contribution in [0.3, 0.4) is 0 Å². The third kappa shape index (κ3) is 3.34. The number of nitrogens with one attached hydrogen (secondary N) is 2. The predicted molar refractivity (Wildman–Crippen MR) is 113 cm³/mol. The summed E-state index contributed by atoms with van der Waals surface area (Å²) in [7, 11) is -4.10. The van der Waals surface area contributed by atoms with Crippen molar-refractivity contribution in [1.82, 2.24) is 10.6 Å². The fourth-order valence-electron chi connectivity index (χ4n) is 3.43. The van der Waals surface area contributed by atoms with Gasteiger partial charge in [-0.1, -0.05) is 47.5 Å². The molecule has 2 aliphatic heterocycles. The van der Waals surface area contributed by atoms with E-state index in [1.807, 2.05) is 0 Å². The lowest BCUT2D eigenvalue weighted by Gasteiger charge is -2.33. The minimum Gasteiger partial charge on any atom is -0.386 e. The van der Waals surface area contributed by atoms with Crippen molar-refractivity contribution in [2.24, 2.45) is 10.7 Å². The molecule has 1 saturated heterocycles. The maximum atomic E-state index is 13.5. The van der Waals surface area contributed by atoms with Crippen LogP contribution in [0, 0.1) is 0 Å². The number of urea groups is 1. The van der Waals surface area contributed by atoms with Gasteiger partial charge in [0.1, 0.15) is 11.1 Å². The fourth-order valence-corrected chi connectivity index (χ4v) is 5.49. The van der Waals surface area contributed by atoms with E-state index in [4.69, 9.17) is 28.9 Å². The number of carbonyl (C=O) groups is 2. The molecule has 2 aromatic rings. The highest BCUT2D eigenvalue weighted by Crippen LogP contribution is 2.38. The van der Waals surface area contributed by atoms with E-state index < -0.39 is 33.2 Å². The van der Waals surface area contributed by atoms with Crippen LogP contribution in [0.15, 0.2) is 64.0 Å². The number of halogens is 2. The first-order valence-electron chi connectivity index (χ1n) is 8.63. The molecular formula is C19H14Cl2N4O4S. The lowest BCUT2D eigenvalue weighted by atomic mass is 9.91. The SMILES string of the molecule is NC1=NC2NC(=O)NC(=O)C2=C(c2ccc(Cl)c(Cl)c2)C1S(=O)(=O)c1ccccc1. The molecule has 0 bridgehead atoms. The van der Waals surface area contributed by atoms with E-state index in [0.29, 0.717) is 5.56 Å². The number of carbonyl (C=O) groups excluding carboxylic acids is 2. The molecule has 1 fully saturated rings. The lowest BCUT2D eigenvalue weighted by Crippen LogP contribution is -2.57. The summed E-state index contributed by atoms with van der Waals surface area (Å²) in [5, 5.41) is 3.53. The molecule has 11 heteroatoms. The number of hydrogen-bond acceptors (Lipinski definition) is 6. The largest absolute Gasteiger partial charge is 0.386 e. The molecule has 0 aromatic heterocycles. The average Bonchev–Trinajstić information content (AvgIpc) is 2.69. The van der Waals surface area contributed by atoms with Gasteiger partial charge in [-0.05, 0) is 35.4 Å². The van der Waals surface area contributed by atoms with Gasteiger partial charge in [0, 0.05) is 0 Å². The number of dihydropyridines is 1. The number of amides is 3. The van der Waals surface area contributed by atoms with E-state index >= 15 is 0 Å². The average molecular weight is 465 g/mol. The van der Waals surface area contributed by atoms with Crippen LogP contribution < -0.4 is 16.4 Å². The Balaban J connectivity index is 2.01. The van der Waals surface area contributed by atoms with Gasteiger partial charge in [-0.25, -0.2) is 18.2 Å². The van der Waals surface area contributed by atoms with Gasteiger partial charge >= 0.3 is 6.03 Å². The summed E-state index contributed by atoms with van der Waals surface area (Å²) in [5.74, 6) is -1.03. The van der Waals surface area contributed by atoms with Crippen molar-refractivity contribution in [1.29, 1.82) is 0 Å². The van der Waals surface area contributed by atoms with Crippen molar-refractivity contribution in [3.05, 3.63) is 69.7 Å². The highest BCUT2D eigenvalue weighted by molar-refractivity contribution is 7.93. The topological polar surface area (TPSA) is 131 Å². The number of sulfone groups is 1. The van der Waals surface area contributed by atoms with E-state index in [1.54, 1.807) is 18.2 Å². The van der Waals surface area contributed by atoms with Gasteiger partial charge in [-0.15, -0.1) is 0 Å². The molecular weight excluding hydrogens is 451 g/mol. The second kappa shape index (κ2) is 7.42. The molecule has 4 rings (SSSR count). The van der Waals surface area contributed by atoms with E-state index in [9.17, 15) is 18.0 Å². The van der Waals surface area contributed by atoms with Gasteiger partial charge < -0.3 is 11.1 Å². The van der Waals surface area contributed by atoms with Gasteiger partial charge in [-0.2, -0.15) is 0 Å². The van der Waals surface area contributed by atoms with Crippen LogP contribution in [0.4, 0.5) is 4.79 Å². The number of imide groups is 1. The van der Waals surface area contributed by atoms with E-state index in [1.165, 1.54) is 30.3 Å². The quantitative estimate of drug-likeness (QED) is 0.639. The Morgan fingerprint density at radius 2 is 1.67 bits per heavy atom. The molecule has 0 saturated carbocycles. The molecule has 3 amide bonds. The highest BCUT2D eigenvalue weighted by Gasteiger charge is 2.45. The fraction of sp³-hybridized carbons (Fsp3) is 0.105. The van der Waals surface area contributed by atoms with Crippen LogP contribution in [0.5, 0.6) is 0 Å². The van der Waals surface area contributed by atoms with Crippen LogP contribution >= 0.6 is 23.2 Å². The van der Waals surface area contributed by atoms with Crippen molar-refractivity contribution in [3.63, 3.8) is 0 Å². The lowest BCUT2D eigenvalue weighted by molar-refractivity contribution is -0.117. The molecule has 30 heavy (non-hydrogen) atoms. The Hall–Kier alpha value is -2.88. The first kappa shape index (κ1) is 20.4. The van der Waals surface area contributed by atoms with Crippen LogP contribution in [0.25, 0.3) is 5.57 Å². The summed E-state index contributed by atoms with van der Waals surface area (Å²) in [5.41, 5.74) is 6.45. The molecule has 4 N–H and O–H groups in total. The Bertz CT molecular complexity index is 1240. The zero-order chi connectivity index (χ0) is 21.6. The minimum atomic E-state index is -4.10. The Morgan fingerprint density at radius 1 is 0.967 bits per heavy atom. The van der Waals surface area contributed by atoms with Gasteiger partial charge in [0.05, 0.1) is 20.5 Å². The number of fused-ring (bicyclic) bond motifs is 1. The van der Waals surface area contributed by atoms with Crippen LogP contribution in [-0.4, -0.2) is 37.6 Å². The Labute approximate surface area is 181 Å². The van der Waals surface area contributed by atoms with Crippen LogP contribution in [0.1, 0.15) is 5.56 Å². The number of nitrogens with zero attached hydrogens (tertiary/aromatic N) is 1. The summed E-state index contributed by atoms with van der Waals surface area (Å²) in [6.07, 6.45) is -1.13. The zero-order valence-electron chi connectivity index (χ0n) is 15.1. The number of benzene rings is 2. The molecule has 2 aliphatic rings. The number of amidine groups is 1. The van der Waals surface area contributed by atoms with Crippen LogP contribution in [0.2, 0.25) is 10.0 Å². The van der Waals surface area contributed by atoms with Crippen molar-refractivity contribution in [2.45, 2.75) is 16.3 Å². The van der Waals surface area contributed by atoms with E-state index in [0.717, 1.165) is 0 Å². The minimum absolute atomic E-state index is 0.00464. The first-order valence-corrected chi connectivity index (χ1v) is 10.9. The van der Waals surface area contributed by atoms with E-state index in [-0.39, 0.29) is 31.9 Å². The molecule has 8 nitrogen and oxygen atoms in total. The molecule has 0 spiro atoms. The summed E-state index contributed by atoms with van der Waals surface area (Å²) < 4.78 is 27.0. The summed E-state index contributed by atoms with van der Waals surface area (Å²) in [6.45, 7) is 0. The zero-order valence-corrected chi connectivity index (χ0v) is 17.4. The second-order valence-corrected chi connectivity index (χ2v) is 9.43. The summed E-state index contributed by atoms with van der Waals surface area (Å²) >= 11 is 12.2. The molecule has 2 unspecified atom stereocenters. The Kier molecular flexibility index (Phi) is 5.05. The molecule has 0 radical (unpaired) electrons. The summed E-state index contributed by atoms with van der Waals surface area (Å²) in [4.78, 5) is 28.5. The third-order valence-electron chi connectivity index (χ3n) is 4.72. The van der Waals surface area contributed by atoms with Crippen molar-refractivity contribution in [2.75, 3.05) is 0 Å². The van der Waals surface area contributed by atoms with Crippen LogP contribution in [-0.2, 0) is 14.6 Å². The predicted octanol–water partition coefficient (Wildman–Crippen LogP) is 2.13. The van der Waals surface area contributed by atoms with Gasteiger partial charge in [0.2, 0.25) is 0 Å². The number of hydrogen-bond donors (Lipinski definition) is 3. The van der Waals surface area contributed by atoms with Gasteiger partial charge in [0.25, 0.3) is 5.91 Å². The Morgan fingerprint density at radius 3 is 2.33 bits per heavy atom. The number of aliphatic imine (C=N–C) groups is 1. The van der Waals surface area contributed by atoms with E-state index in [2.05, 4.69) is 15.6 Å². The molecule has 2 atom stereocenters. The second-order valence-electron chi connectivity index (χ2n) is 6.58. The maximum absolute atomic E-state index is 13.5. The highest BCUT2D eigenvalue weighted by atomic mass is 35.5. The first-order chi connectivity index (χ1) is 14.2. The monoisotopic (exact) mass is 464 g/mol. The number of nitrogens with two attached hydrogens (primary N) is 1. The maximum Gasteiger partial charge on any atom is 0.323 e. The van der Waals surface area contributed by atoms with Gasteiger partial charge in [0.15, 0.2) is 16.0 Å². The van der Waals surface area contributed by atoms with Crippen molar-refractivity contribution >= 4 is 56.4 Å². The van der Waals surface area contributed by atoms with Crippen molar-refractivity contribution in [3.8, 4) is 0 Å². The van der Waals surface area contributed by atoms with Gasteiger partial charge in [-0.3, -0.25) is 10.1 Å². The molecule has 154 valence electrons. The normalized spacial score (nSPS) is 21.5. The number of rotatable bonds is 3. The third-order valence-corrected chi connectivity index (χ3v) is 7.49. The standard InChI is InChI=1S/C19H14Cl2N4O4S/c20-11-7-6-9(8-12(11)21)13-14-17(24-19(27)25-18(14)26)23-16(22)15(13)30(28,29)10-4-2-1-3-5-10/h1-8,15,17H,(H2,22,23)(H2,24,25,26,27).